The van der Waals surface area contributed by atoms with Gasteiger partial charge in [-0.2, -0.15) is 17.9 Å². The molecule has 0 aliphatic rings. The van der Waals surface area contributed by atoms with Gasteiger partial charge in [0.15, 0.2) is 0 Å². The van der Waals surface area contributed by atoms with Crippen LogP contribution in [0.15, 0.2) is 0 Å². The lowest BCUT2D eigenvalue weighted by Crippen LogP contribution is -1.79. The molecular weight excluding hydrogens is 150 g/mol. The van der Waals surface area contributed by atoms with Crippen LogP contribution in [-0.4, -0.2) is 11.5 Å². The van der Waals surface area contributed by atoms with Crippen LogP contribution >= 0.6 is 24.4 Å². The van der Waals surface area contributed by atoms with Crippen molar-refractivity contribution in [1.82, 2.24) is 0 Å². The molecule has 3 heteroatoms. The predicted molar refractivity (Wildman–Crippen MR) is 45.8 cm³/mol. The van der Waals surface area contributed by atoms with Gasteiger partial charge in [-0.15, -0.1) is 0 Å². The van der Waals surface area contributed by atoms with E-state index in [0.29, 0.717) is 0 Å². The van der Waals surface area contributed by atoms with Crippen LogP contribution in [0.25, 0.3) is 0 Å². The molecule has 0 fully saturated rings. The van der Waals surface area contributed by atoms with Gasteiger partial charge in [-0.25, -0.2) is 0 Å². The zero-order chi connectivity index (χ0) is 6.95. The third-order valence-corrected chi connectivity index (χ3v) is 1.91. The van der Waals surface area contributed by atoms with E-state index in [0.717, 1.165) is 17.9 Å². The summed E-state index contributed by atoms with van der Waals surface area (Å²) in [4.78, 5) is 0. The number of thiocyanates is 1. The van der Waals surface area contributed by atoms with E-state index >= 15 is 0 Å². The summed E-state index contributed by atoms with van der Waals surface area (Å²) in [7, 11) is 0. The first kappa shape index (κ1) is 9.19. The van der Waals surface area contributed by atoms with Crippen LogP contribution in [0.5, 0.6) is 0 Å². The van der Waals surface area contributed by atoms with E-state index < -0.39 is 0 Å². The first-order chi connectivity index (χ1) is 4.41. The molecule has 52 valence electrons. The minimum Gasteiger partial charge on any atom is -0.185 e. The smallest absolute Gasteiger partial charge is 0.133 e. The fraction of sp³-hybridized carbons (Fsp3) is 0.833. The highest BCUT2D eigenvalue weighted by molar-refractivity contribution is 8.03. The molecule has 0 aromatic carbocycles. The fourth-order valence-electron chi connectivity index (χ4n) is 0.508. The maximum Gasteiger partial charge on any atom is 0.133 e. The summed E-state index contributed by atoms with van der Waals surface area (Å²) in [5.41, 5.74) is 0. The van der Waals surface area contributed by atoms with Crippen LogP contribution in [0.1, 0.15) is 19.3 Å². The van der Waals surface area contributed by atoms with Crippen LogP contribution in [0.4, 0.5) is 0 Å². The lowest BCUT2D eigenvalue weighted by molar-refractivity contribution is 0.788. The maximum atomic E-state index is 8.12. The highest BCUT2D eigenvalue weighted by Gasteiger charge is 1.86. The Kier molecular flexibility index (Phi) is 8.36. The summed E-state index contributed by atoms with van der Waals surface area (Å²) in [6.07, 6.45) is 3.53. The summed E-state index contributed by atoms with van der Waals surface area (Å²) in [5, 5.41) is 10.2. The van der Waals surface area contributed by atoms with Gasteiger partial charge in [-0.05, 0) is 30.4 Å². The highest BCUT2D eigenvalue weighted by Crippen LogP contribution is 2.04. The molecule has 0 aliphatic carbocycles. The Labute approximate surface area is 66.2 Å². The van der Waals surface area contributed by atoms with Gasteiger partial charge in [-0.1, -0.05) is 6.42 Å². The second kappa shape index (κ2) is 8.19. The van der Waals surface area contributed by atoms with Crippen LogP contribution < -0.4 is 0 Å². The first-order valence-corrected chi connectivity index (χ1v) is 4.65. The number of nitrogens with zero attached hydrogens (tertiary/aromatic N) is 1. The van der Waals surface area contributed by atoms with Crippen molar-refractivity contribution in [3.05, 3.63) is 0 Å². The van der Waals surface area contributed by atoms with Crippen molar-refractivity contribution in [3.63, 3.8) is 0 Å². The number of rotatable bonds is 5. The third kappa shape index (κ3) is 8.19. The quantitative estimate of drug-likeness (QED) is 0.380. The number of hydrogen-bond donors (Lipinski definition) is 1. The predicted octanol–water partition coefficient (Wildman–Crippen LogP) is 2.30. The standard InChI is InChI=1S/C6H11NS2/c7-6-9-5-3-1-2-4-8/h8H,1-5H2. The topological polar surface area (TPSA) is 23.8 Å². The average Bonchev–Trinajstić information content (AvgIpc) is 1.89. The summed E-state index contributed by atoms with van der Waals surface area (Å²) in [6, 6.07) is 0. The Balaban J connectivity index is 2.69. The van der Waals surface area contributed by atoms with Crippen molar-refractivity contribution >= 4 is 24.4 Å². The summed E-state index contributed by atoms with van der Waals surface area (Å²) in [6.45, 7) is 0. The van der Waals surface area contributed by atoms with Crippen molar-refractivity contribution in [1.29, 1.82) is 5.26 Å². The van der Waals surface area contributed by atoms with Gasteiger partial charge in [-0.3, -0.25) is 0 Å². The second-order valence-electron chi connectivity index (χ2n) is 1.72. The lowest BCUT2D eigenvalue weighted by Gasteiger charge is -1.92. The Morgan fingerprint density at radius 1 is 1.33 bits per heavy atom. The number of unbranched alkanes of at least 4 members (excludes halogenated alkanes) is 2. The summed E-state index contributed by atoms with van der Waals surface area (Å²) >= 11 is 5.41. The number of thioether (sulfide) groups is 1. The zero-order valence-electron chi connectivity index (χ0n) is 5.34. The van der Waals surface area contributed by atoms with Gasteiger partial charge in [0, 0.05) is 5.75 Å². The maximum absolute atomic E-state index is 8.12. The SMILES string of the molecule is N#CSCCCCCS. The van der Waals surface area contributed by atoms with Crippen molar-refractivity contribution in [2.45, 2.75) is 19.3 Å². The molecule has 0 saturated heterocycles. The Morgan fingerprint density at radius 2 is 2.11 bits per heavy atom. The fourth-order valence-corrected chi connectivity index (χ4v) is 1.17. The average molecular weight is 161 g/mol. The molecule has 0 N–H and O–H groups in total. The van der Waals surface area contributed by atoms with Gasteiger partial charge >= 0.3 is 0 Å². The van der Waals surface area contributed by atoms with Crippen molar-refractivity contribution in [3.8, 4) is 5.40 Å². The van der Waals surface area contributed by atoms with E-state index in [2.05, 4.69) is 12.6 Å². The molecule has 9 heavy (non-hydrogen) atoms. The molecule has 1 nitrogen and oxygen atoms in total. The van der Waals surface area contributed by atoms with Crippen molar-refractivity contribution in [2.24, 2.45) is 0 Å². The molecule has 0 amide bonds. The van der Waals surface area contributed by atoms with E-state index in [4.69, 9.17) is 5.26 Å². The highest BCUT2D eigenvalue weighted by atomic mass is 32.2. The molecule has 0 radical (unpaired) electrons. The monoisotopic (exact) mass is 161 g/mol. The van der Waals surface area contributed by atoms with Gasteiger partial charge in [0.1, 0.15) is 5.40 Å². The Bertz CT molecular complexity index is 87.5. The van der Waals surface area contributed by atoms with Crippen LogP contribution in [0.2, 0.25) is 0 Å². The lowest BCUT2D eigenvalue weighted by atomic mass is 10.3. The van der Waals surface area contributed by atoms with E-state index in [1.54, 1.807) is 0 Å². The number of hydrogen-bond acceptors (Lipinski definition) is 3. The molecule has 0 saturated carbocycles. The van der Waals surface area contributed by atoms with Gasteiger partial charge in [0.2, 0.25) is 0 Å². The molecule has 0 bridgehead atoms. The van der Waals surface area contributed by atoms with Crippen LogP contribution in [0.3, 0.4) is 0 Å². The minimum atomic E-state index is 0.969. The van der Waals surface area contributed by atoms with E-state index in [1.165, 1.54) is 24.6 Å². The second-order valence-corrected chi connectivity index (χ2v) is 3.05. The molecule has 0 rings (SSSR count). The van der Waals surface area contributed by atoms with E-state index in [9.17, 15) is 0 Å². The Morgan fingerprint density at radius 3 is 2.67 bits per heavy atom. The summed E-state index contributed by atoms with van der Waals surface area (Å²) in [5.74, 6) is 1.95. The normalized spacial score (nSPS) is 8.89. The molecule has 0 aliphatic heterocycles. The van der Waals surface area contributed by atoms with Crippen LogP contribution in [0, 0.1) is 10.7 Å². The van der Waals surface area contributed by atoms with Gasteiger partial charge in [0.05, 0.1) is 0 Å². The molecular formula is C6H11NS2. The van der Waals surface area contributed by atoms with Crippen LogP contribution in [-0.2, 0) is 0 Å². The molecule has 0 spiro atoms. The van der Waals surface area contributed by atoms with Gasteiger partial charge in [0.25, 0.3) is 0 Å². The minimum absolute atomic E-state index is 0.969. The number of thiol groups is 1. The zero-order valence-corrected chi connectivity index (χ0v) is 7.05. The van der Waals surface area contributed by atoms with Crippen molar-refractivity contribution in [2.75, 3.05) is 11.5 Å². The molecule has 0 aromatic heterocycles. The Hall–Kier alpha value is 0.190. The number of nitriles is 1. The van der Waals surface area contributed by atoms with E-state index in [-0.39, 0.29) is 0 Å². The molecule has 0 atom stereocenters. The largest absolute Gasteiger partial charge is 0.185 e. The van der Waals surface area contributed by atoms with Gasteiger partial charge < -0.3 is 0 Å². The van der Waals surface area contributed by atoms with E-state index in [1.807, 2.05) is 5.40 Å². The third-order valence-electron chi connectivity index (χ3n) is 0.969. The van der Waals surface area contributed by atoms with Crippen molar-refractivity contribution < 1.29 is 0 Å². The summed E-state index contributed by atoms with van der Waals surface area (Å²) < 4.78 is 0. The molecule has 0 unspecified atom stereocenters. The molecule has 0 aromatic rings. The first-order valence-electron chi connectivity index (χ1n) is 3.03. The molecule has 0 heterocycles.